The highest BCUT2D eigenvalue weighted by atomic mass is 32.1. The number of nitriles is 1. The van der Waals surface area contributed by atoms with Crippen molar-refractivity contribution in [1.82, 2.24) is 9.97 Å². The number of rotatable bonds is 4. The first-order valence-corrected chi connectivity index (χ1v) is 6.56. The van der Waals surface area contributed by atoms with Crippen molar-refractivity contribution >= 4 is 22.8 Å². The zero-order valence-corrected chi connectivity index (χ0v) is 11.6. The van der Waals surface area contributed by atoms with Crippen molar-refractivity contribution in [3.63, 3.8) is 0 Å². The fourth-order valence-corrected chi connectivity index (χ4v) is 2.37. The van der Waals surface area contributed by atoms with Gasteiger partial charge in [0.1, 0.15) is 28.7 Å². The van der Waals surface area contributed by atoms with Crippen LogP contribution in [0.4, 0.5) is 11.5 Å². The van der Waals surface area contributed by atoms with Crippen LogP contribution in [0, 0.1) is 28.4 Å². The van der Waals surface area contributed by atoms with Gasteiger partial charge in [-0.2, -0.15) is 5.26 Å². The van der Waals surface area contributed by atoms with Crippen LogP contribution in [0.3, 0.4) is 0 Å². The summed E-state index contributed by atoms with van der Waals surface area (Å²) in [5.74, 6) is 0.318. The van der Waals surface area contributed by atoms with Gasteiger partial charge in [0.15, 0.2) is 0 Å². The molecule has 102 valence electrons. The molecule has 0 aliphatic carbocycles. The average molecular weight is 289 g/mol. The third-order valence-electron chi connectivity index (χ3n) is 2.57. The topological polar surface area (TPSA) is 105 Å². The van der Waals surface area contributed by atoms with Crippen LogP contribution < -0.4 is 5.32 Å². The molecule has 7 nitrogen and oxygen atoms in total. The van der Waals surface area contributed by atoms with E-state index in [0.29, 0.717) is 5.82 Å². The number of anilines is 1. The van der Waals surface area contributed by atoms with E-state index in [1.807, 2.05) is 19.9 Å². The summed E-state index contributed by atoms with van der Waals surface area (Å²) in [7, 11) is 0. The van der Waals surface area contributed by atoms with E-state index in [4.69, 9.17) is 5.26 Å². The molecule has 0 fully saturated rings. The molecule has 0 spiro atoms. The van der Waals surface area contributed by atoms with Gasteiger partial charge in [0.2, 0.25) is 0 Å². The minimum absolute atomic E-state index is 0.130. The molecule has 8 heteroatoms. The normalized spacial score (nSPS) is 11.7. The van der Waals surface area contributed by atoms with Gasteiger partial charge in [-0.1, -0.05) is 0 Å². The van der Waals surface area contributed by atoms with Crippen LogP contribution in [-0.4, -0.2) is 14.9 Å². The van der Waals surface area contributed by atoms with Crippen LogP contribution in [0.2, 0.25) is 0 Å². The highest BCUT2D eigenvalue weighted by Gasteiger charge is 2.15. The summed E-state index contributed by atoms with van der Waals surface area (Å²) < 4.78 is 0. The van der Waals surface area contributed by atoms with Crippen LogP contribution >= 0.6 is 11.3 Å². The van der Waals surface area contributed by atoms with Crippen LogP contribution in [-0.2, 0) is 0 Å². The Kier molecular flexibility index (Phi) is 3.91. The summed E-state index contributed by atoms with van der Waals surface area (Å²) in [5, 5.41) is 23.6. The zero-order valence-electron chi connectivity index (χ0n) is 10.8. The van der Waals surface area contributed by atoms with E-state index in [1.54, 1.807) is 17.5 Å². The van der Waals surface area contributed by atoms with Gasteiger partial charge in [-0.3, -0.25) is 10.1 Å². The summed E-state index contributed by atoms with van der Waals surface area (Å²) in [5.41, 5.74) is -0.0656. The smallest absolute Gasteiger partial charge is 0.289 e. The second-order valence-electron chi connectivity index (χ2n) is 4.13. The number of nitrogens with zero attached hydrogens (tertiary/aromatic N) is 4. The fourth-order valence-electron chi connectivity index (χ4n) is 1.59. The molecule has 0 aliphatic heterocycles. The van der Waals surface area contributed by atoms with E-state index in [0.717, 1.165) is 16.1 Å². The lowest BCUT2D eigenvalue weighted by Crippen LogP contribution is -2.09. The minimum atomic E-state index is -0.578. The Morgan fingerprint density at radius 2 is 2.25 bits per heavy atom. The molecule has 0 saturated heterocycles. The molecule has 0 amide bonds. The van der Waals surface area contributed by atoms with Crippen LogP contribution in [0.1, 0.15) is 28.4 Å². The third-order valence-corrected chi connectivity index (χ3v) is 3.66. The second kappa shape index (κ2) is 5.63. The fraction of sp³-hybridized carbons (Fsp3) is 0.250. The number of aromatic nitrogens is 2. The van der Waals surface area contributed by atoms with E-state index in [-0.39, 0.29) is 17.3 Å². The largest absolute Gasteiger partial charge is 0.360 e. The maximum atomic E-state index is 10.7. The quantitative estimate of drug-likeness (QED) is 0.685. The van der Waals surface area contributed by atoms with Gasteiger partial charge in [-0.05, 0) is 13.8 Å². The summed E-state index contributed by atoms with van der Waals surface area (Å²) in [6.07, 6.45) is 2.90. The number of pyridine rings is 1. The number of thiazole rings is 1. The molecule has 0 aliphatic rings. The van der Waals surface area contributed by atoms with E-state index in [9.17, 15) is 10.1 Å². The number of aryl methyl sites for hydroxylation is 1. The van der Waals surface area contributed by atoms with Crippen molar-refractivity contribution in [2.24, 2.45) is 0 Å². The van der Waals surface area contributed by atoms with Crippen molar-refractivity contribution < 1.29 is 4.92 Å². The van der Waals surface area contributed by atoms with Crippen molar-refractivity contribution in [2.75, 3.05) is 5.32 Å². The summed E-state index contributed by atoms with van der Waals surface area (Å²) in [6.45, 7) is 3.85. The Morgan fingerprint density at radius 1 is 1.50 bits per heavy atom. The number of hydrogen-bond donors (Lipinski definition) is 1. The van der Waals surface area contributed by atoms with Crippen molar-refractivity contribution in [3.8, 4) is 6.07 Å². The lowest BCUT2D eigenvalue weighted by atomic mass is 10.2. The van der Waals surface area contributed by atoms with Gasteiger partial charge < -0.3 is 5.32 Å². The predicted octanol–water partition coefficient (Wildman–Crippen LogP) is 2.80. The molecule has 0 saturated carbocycles. The molecule has 0 aromatic carbocycles. The van der Waals surface area contributed by atoms with Gasteiger partial charge in [0, 0.05) is 17.1 Å². The molecular weight excluding hydrogens is 278 g/mol. The Morgan fingerprint density at radius 3 is 2.80 bits per heavy atom. The molecule has 1 N–H and O–H groups in total. The summed E-state index contributed by atoms with van der Waals surface area (Å²) in [4.78, 5) is 19.4. The van der Waals surface area contributed by atoms with E-state index < -0.39 is 4.92 Å². The number of nitro groups is 1. The SMILES string of the molecule is Cc1cnc(C(C)Nc2ncc([N+](=O)[O-])cc2C#N)s1. The molecule has 2 aromatic rings. The van der Waals surface area contributed by atoms with Crippen molar-refractivity contribution in [2.45, 2.75) is 19.9 Å². The maximum absolute atomic E-state index is 10.7. The number of nitrogens with one attached hydrogen (secondary N) is 1. The average Bonchev–Trinajstić information content (AvgIpc) is 2.85. The standard InChI is InChI=1S/C12H11N5O2S/c1-7-5-15-12(20-7)8(2)16-11-9(4-13)3-10(6-14-11)17(18)19/h3,5-6,8H,1-2H3,(H,14,16). The first kappa shape index (κ1) is 13.9. The lowest BCUT2D eigenvalue weighted by Gasteiger charge is -2.12. The molecule has 2 aromatic heterocycles. The van der Waals surface area contributed by atoms with Crippen LogP contribution in [0.5, 0.6) is 0 Å². The van der Waals surface area contributed by atoms with E-state index in [2.05, 4.69) is 15.3 Å². The summed E-state index contributed by atoms with van der Waals surface area (Å²) in [6, 6.07) is 2.98. The molecule has 0 bridgehead atoms. The van der Waals surface area contributed by atoms with Gasteiger partial charge in [0.05, 0.1) is 11.0 Å². The van der Waals surface area contributed by atoms with Gasteiger partial charge in [-0.25, -0.2) is 9.97 Å². The Balaban J connectivity index is 2.25. The monoisotopic (exact) mass is 289 g/mol. The molecular formula is C12H11N5O2S. The maximum Gasteiger partial charge on any atom is 0.289 e. The first-order chi connectivity index (χ1) is 9.51. The minimum Gasteiger partial charge on any atom is -0.360 e. The molecule has 20 heavy (non-hydrogen) atoms. The van der Waals surface area contributed by atoms with Crippen molar-refractivity contribution in [3.05, 3.63) is 44.0 Å². The molecule has 2 heterocycles. The molecule has 0 radical (unpaired) electrons. The van der Waals surface area contributed by atoms with Crippen LogP contribution in [0.25, 0.3) is 0 Å². The highest BCUT2D eigenvalue weighted by Crippen LogP contribution is 2.25. The highest BCUT2D eigenvalue weighted by molar-refractivity contribution is 7.11. The lowest BCUT2D eigenvalue weighted by molar-refractivity contribution is -0.385. The Labute approximate surface area is 119 Å². The second-order valence-corrected chi connectivity index (χ2v) is 5.40. The molecule has 1 unspecified atom stereocenters. The first-order valence-electron chi connectivity index (χ1n) is 5.74. The van der Waals surface area contributed by atoms with Crippen LogP contribution in [0.15, 0.2) is 18.5 Å². The molecule has 2 rings (SSSR count). The Bertz CT molecular complexity index is 691. The van der Waals surface area contributed by atoms with Gasteiger partial charge >= 0.3 is 0 Å². The number of hydrogen-bond acceptors (Lipinski definition) is 7. The van der Waals surface area contributed by atoms with E-state index in [1.165, 1.54) is 6.07 Å². The zero-order chi connectivity index (χ0) is 14.7. The van der Waals surface area contributed by atoms with Gasteiger partial charge in [-0.15, -0.1) is 11.3 Å². The van der Waals surface area contributed by atoms with Gasteiger partial charge in [0.25, 0.3) is 5.69 Å². The van der Waals surface area contributed by atoms with Crippen molar-refractivity contribution in [1.29, 1.82) is 5.26 Å². The Hall–Kier alpha value is -2.53. The van der Waals surface area contributed by atoms with E-state index >= 15 is 0 Å². The molecule has 1 atom stereocenters. The third kappa shape index (κ3) is 2.89. The predicted molar refractivity (Wildman–Crippen MR) is 74.5 cm³/mol. The summed E-state index contributed by atoms with van der Waals surface area (Å²) >= 11 is 1.54.